The van der Waals surface area contributed by atoms with Gasteiger partial charge in [0.2, 0.25) is 0 Å². The lowest BCUT2D eigenvalue weighted by molar-refractivity contribution is -0.143. The van der Waals surface area contributed by atoms with E-state index >= 15 is 0 Å². The summed E-state index contributed by atoms with van der Waals surface area (Å²) in [6.45, 7) is 10.6. The van der Waals surface area contributed by atoms with Gasteiger partial charge in [-0.2, -0.15) is 0 Å². The molecular weight excluding hydrogens is 601 g/mol. The van der Waals surface area contributed by atoms with Crippen LogP contribution >= 0.6 is 0 Å². The lowest BCUT2D eigenvalue weighted by Crippen LogP contribution is -2.45. The van der Waals surface area contributed by atoms with E-state index < -0.39 is 8.80 Å². The molecule has 0 amide bonds. The van der Waals surface area contributed by atoms with Gasteiger partial charge in [-0.3, -0.25) is 4.79 Å². The molecule has 0 heterocycles. The number of hydrogen-bond donors (Lipinski definition) is 0. The Morgan fingerprint density at radius 2 is 0.681 bits per heavy atom. The molecule has 0 aromatic rings. The molecule has 0 atom stereocenters. The minimum atomic E-state index is -2.60. The van der Waals surface area contributed by atoms with Crippen LogP contribution in [0.1, 0.15) is 227 Å². The number of hydrogen-bond acceptors (Lipinski definition) is 5. The second kappa shape index (κ2) is 38.4. The highest BCUT2D eigenvalue weighted by Crippen LogP contribution is 2.20. The number of rotatable bonds is 40. The first-order valence-electron chi connectivity index (χ1n) is 21.2. The normalized spacial score (nSPS) is 11.8. The molecule has 5 nitrogen and oxygen atoms in total. The fourth-order valence-corrected chi connectivity index (χ4v) is 9.33. The van der Waals surface area contributed by atoms with E-state index in [9.17, 15) is 4.79 Å². The van der Waals surface area contributed by atoms with Crippen molar-refractivity contribution in [2.45, 2.75) is 233 Å². The topological polar surface area (TPSA) is 54.0 Å². The highest BCUT2D eigenvalue weighted by molar-refractivity contribution is 6.60. The first-order valence-corrected chi connectivity index (χ1v) is 23.1. The molecule has 0 unspecified atom stereocenters. The van der Waals surface area contributed by atoms with E-state index in [1.165, 1.54) is 167 Å². The summed E-state index contributed by atoms with van der Waals surface area (Å²) in [6.07, 6.45) is 41.5. The second-order valence-corrected chi connectivity index (χ2v) is 16.7. The van der Waals surface area contributed by atoms with Crippen molar-refractivity contribution in [1.82, 2.24) is 0 Å². The maximum Gasteiger partial charge on any atom is 0.500 e. The van der Waals surface area contributed by atoms with Crippen molar-refractivity contribution < 1.29 is 22.8 Å². The van der Waals surface area contributed by atoms with Gasteiger partial charge in [-0.05, 0) is 40.0 Å². The summed E-state index contributed by atoms with van der Waals surface area (Å²) in [5, 5.41) is 0. The Morgan fingerprint density at radius 1 is 0.383 bits per heavy atom. The first kappa shape index (κ1) is 46.6. The van der Waals surface area contributed by atoms with E-state index in [-0.39, 0.29) is 5.97 Å². The molecule has 0 bridgehead atoms. The molecule has 0 spiro atoms. The molecule has 0 rings (SSSR count). The first-order chi connectivity index (χ1) is 23.1. The molecule has 0 saturated heterocycles. The summed E-state index contributed by atoms with van der Waals surface area (Å²) >= 11 is 0. The summed E-state index contributed by atoms with van der Waals surface area (Å²) in [5.41, 5.74) is 0. The molecule has 0 radical (unpaired) electrons. The maximum absolute atomic E-state index is 12.1. The van der Waals surface area contributed by atoms with Crippen LogP contribution < -0.4 is 0 Å². The van der Waals surface area contributed by atoms with Crippen LogP contribution in [0.4, 0.5) is 0 Å². The fraction of sp³-hybridized carbons (Fsp3) is 0.976. The molecule has 0 aromatic carbocycles. The molecule has 0 aliphatic heterocycles. The Hall–Kier alpha value is -0.433. The third kappa shape index (κ3) is 33.8. The number of ether oxygens (including phenoxy) is 1. The van der Waals surface area contributed by atoms with Gasteiger partial charge in [-0.1, -0.05) is 180 Å². The number of esters is 1. The fourth-order valence-electron chi connectivity index (χ4n) is 6.64. The molecular formula is C41H84O5Si. The lowest BCUT2D eigenvalue weighted by atomic mass is 10.0. The van der Waals surface area contributed by atoms with Crippen molar-refractivity contribution >= 4 is 14.8 Å². The van der Waals surface area contributed by atoms with Crippen LogP contribution in [0.25, 0.3) is 0 Å². The van der Waals surface area contributed by atoms with Gasteiger partial charge >= 0.3 is 14.8 Å². The quantitative estimate of drug-likeness (QED) is 0.0365. The smallest absolute Gasteiger partial charge is 0.466 e. The molecule has 6 heteroatoms. The zero-order chi connectivity index (χ0) is 34.4. The van der Waals surface area contributed by atoms with Crippen LogP contribution in [0.3, 0.4) is 0 Å². The van der Waals surface area contributed by atoms with Crippen LogP contribution in [0.15, 0.2) is 0 Å². The third-order valence-electron chi connectivity index (χ3n) is 9.47. The van der Waals surface area contributed by atoms with Crippen molar-refractivity contribution in [3.8, 4) is 0 Å². The van der Waals surface area contributed by atoms with Crippen LogP contribution in [0, 0.1) is 0 Å². The van der Waals surface area contributed by atoms with E-state index in [0.29, 0.717) is 32.8 Å². The Morgan fingerprint density at radius 3 is 0.979 bits per heavy atom. The van der Waals surface area contributed by atoms with E-state index in [1.54, 1.807) is 0 Å². The van der Waals surface area contributed by atoms with E-state index in [4.69, 9.17) is 18.0 Å². The minimum Gasteiger partial charge on any atom is -0.466 e. The zero-order valence-corrected chi connectivity index (χ0v) is 33.5. The second-order valence-electron chi connectivity index (χ2n) is 14.0. The molecule has 0 saturated carbocycles. The van der Waals surface area contributed by atoms with Crippen molar-refractivity contribution in [1.29, 1.82) is 0 Å². The van der Waals surface area contributed by atoms with Crippen molar-refractivity contribution in [2.24, 2.45) is 0 Å². The highest BCUT2D eigenvalue weighted by atomic mass is 28.4. The molecule has 47 heavy (non-hydrogen) atoms. The van der Waals surface area contributed by atoms with Gasteiger partial charge in [-0.25, -0.2) is 0 Å². The number of unbranched alkanes of at least 4 members (excludes halogenated alkanes) is 28. The van der Waals surface area contributed by atoms with Crippen molar-refractivity contribution in [3.63, 3.8) is 0 Å². The SMILES string of the molecule is CCCCCCCCCCCCCCCCCCCCCCCCCCCCCCOC(=O)CCCC[Si](OCC)(OCC)OCC. The largest absolute Gasteiger partial charge is 0.500 e. The van der Waals surface area contributed by atoms with Gasteiger partial charge in [0.15, 0.2) is 0 Å². The summed E-state index contributed by atoms with van der Waals surface area (Å²) in [7, 11) is -2.60. The predicted octanol–water partition coefficient (Wildman–Crippen LogP) is 13.7. The molecule has 0 aromatic heterocycles. The molecule has 0 N–H and O–H groups in total. The van der Waals surface area contributed by atoms with E-state index in [0.717, 1.165) is 31.7 Å². The van der Waals surface area contributed by atoms with Gasteiger partial charge in [-0.15, -0.1) is 0 Å². The van der Waals surface area contributed by atoms with Gasteiger partial charge in [0.1, 0.15) is 0 Å². The average Bonchev–Trinajstić information content (AvgIpc) is 3.06. The molecule has 282 valence electrons. The zero-order valence-electron chi connectivity index (χ0n) is 32.5. The molecule has 0 aliphatic rings. The van der Waals surface area contributed by atoms with Crippen LogP contribution in [0.2, 0.25) is 6.04 Å². The lowest BCUT2D eigenvalue weighted by Gasteiger charge is -2.28. The number of carbonyl (C=O) groups is 1. The van der Waals surface area contributed by atoms with Gasteiger partial charge < -0.3 is 18.0 Å². The Kier molecular flexibility index (Phi) is 38.0. The maximum atomic E-state index is 12.1. The Balaban J connectivity index is 3.31. The van der Waals surface area contributed by atoms with Crippen LogP contribution in [-0.2, 0) is 22.8 Å². The van der Waals surface area contributed by atoms with Gasteiger partial charge in [0.05, 0.1) is 6.61 Å². The average molecular weight is 685 g/mol. The Bertz CT molecular complexity index is 600. The molecule has 0 fully saturated rings. The standard InChI is InChI=1S/C41H84O5Si/c1-5-9-10-11-12-13-14-15-16-17-18-19-20-21-22-23-24-25-26-27-28-29-30-31-32-33-34-36-39-43-41(42)38-35-37-40-47(44-6-2,45-7-3)46-8-4/h5-40H2,1-4H3. The van der Waals surface area contributed by atoms with Gasteiger partial charge in [0.25, 0.3) is 0 Å². The van der Waals surface area contributed by atoms with Crippen molar-refractivity contribution in [2.75, 3.05) is 26.4 Å². The summed E-state index contributed by atoms with van der Waals surface area (Å²) in [4.78, 5) is 12.1. The minimum absolute atomic E-state index is 0.0773. The van der Waals surface area contributed by atoms with E-state index in [2.05, 4.69) is 6.92 Å². The Labute approximate surface area is 296 Å². The summed E-state index contributed by atoms with van der Waals surface area (Å²) in [6, 6.07) is 0.759. The van der Waals surface area contributed by atoms with Gasteiger partial charge in [0, 0.05) is 32.3 Å². The van der Waals surface area contributed by atoms with E-state index in [1.807, 2.05) is 20.8 Å². The monoisotopic (exact) mass is 685 g/mol. The third-order valence-corrected chi connectivity index (χ3v) is 12.6. The molecule has 0 aliphatic carbocycles. The number of carbonyl (C=O) groups excluding carboxylic acids is 1. The summed E-state index contributed by atoms with van der Waals surface area (Å²) < 4.78 is 23.1. The van der Waals surface area contributed by atoms with Crippen LogP contribution in [0.5, 0.6) is 0 Å². The summed E-state index contributed by atoms with van der Waals surface area (Å²) in [5.74, 6) is -0.0773. The predicted molar refractivity (Wildman–Crippen MR) is 205 cm³/mol. The highest BCUT2D eigenvalue weighted by Gasteiger charge is 2.39. The van der Waals surface area contributed by atoms with Crippen LogP contribution in [-0.4, -0.2) is 41.2 Å². The van der Waals surface area contributed by atoms with Crippen molar-refractivity contribution in [3.05, 3.63) is 0 Å².